The third-order valence-corrected chi connectivity index (χ3v) is 3.89. The second kappa shape index (κ2) is 6.87. The lowest BCUT2D eigenvalue weighted by Crippen LogP contribution is -2.10. The summed E-state index contributed by atoms with van der Waals surface area (Å²) in [5.41, 5.74) is 0.990. The van der Waals surface area contributed by atoms with E-state index in [1.54, 1.807) is 13.0 Å². The molecule has 2 aromatic rings. The highest BCUT2D eigenvalue weighted by Gasteiger charge is 2.12. The highest BCUT2D eigenvalue weighted by molar-refractivity contribution is 7.99. The topological polar surface area (TPSA) is 66.0 Å². The van der Waals surface area contributed by atoms with Gasteiger partial charge >= 0.3 is 0 Å². The van der Waals surface area contributed by atoms with Gasteiger partial charge in [0.1, 0.15) is 5.82 Å². The molecule has 1 aromatic heterocycles. The number of aromatic nitrogens is 2. The molecule has 0 radical (unpaired) electrons. The minimum atomic E-state index is -0.797. The van der Waals surface area contributed by atoms with E-state index in [0.29, 0.717) is 15.6 Å². The molecule has 6 heteroatoms. The Bertz CT molecular complexity index is 686. The van der Waals surface area contributed by atoms with Gasteiger partial charge in [0.15, 0.2) is 5.16 Å². The van der Waals surface area contributed by atoms with Crippen LogP contribution in [0.25, 0.3) is 0 Å². The van der Waals surface area contributed by atoms with Crippen molar-refractivity contribution in [2.24, 2.45) is 0 Å². The predicted octanol–water partition coefficient (Wildman–Crippen LogP) is 3.07. The molecule has 1 atom stereocenters. The van der Waals surface area contributed by atoms with Crippen molar-refractivity contribution in [3.8, 4) is 0 Å². The van der Waals surface area contributed by atoms with Crippen molar-refractivity contribution < 1.29 is 9.50 Å². The maximum absolute atomic E-state index is 13.3. The number of aliphatic hydroxyl groups is 1. The molecule has 1 unspecified atom stereocenters. The Morgan fingerprint density at radius 1 is 1.43 bits per heavy atom. The molecule has 0 aliphatic rings. The number of nitrogens with one attached hydrogen (secondary N) is 1. The van der Waals surface area contributed by atoms with Crippen LogP contribution in [-0.4, -0.2) is 15.1 Å². The lowest BCUT2D eigenvalue weighted by atomic mass is 10.1. The van der Waals surface area contributed by atoms with E-state index in [4.69, 9.17) is 0 Å². The number of H-pyrrole nitrogens is 1. The fourth-order valence-electron chi connectivity index (χ4n) is 1.96. The van der Waals surface area contributed by atoms with Crippen LogP contribution in [0.1, 0.15) is 37.6 Å². The zero-order chi connectivity index (χ0) is 15.4. The van der Waals surface area contributed by atoms with E-state index in [-0.39, 0.29) is 5.56 Å². The number of hydrogen-bond donors (Lipinski definition) is 2. The Morgan fingerprint density at radius 3 is 2.86 bits per heavy atom. The van der Waals surface area contributed by atoms with Crippen molar-refractivity contribution in [1.29, 1.82) is 0 Å². The average Bonchev–Trinajstić information content (AvgIpc) is 2.40. The van der Waals surface area contributed by atoms with E-state index in [1.807, 2.05) is 6.92 Å². The van der Waals surface area contributed by atoms with Crippen LogP contribution < -0.4 is 5.56 Å². The highest BCUT2D eigenvalue weighted by atomic mass is 32.2. The first-order valence-corrected chi connectivity index (χ1v) is 7.57. The summed E-state index contributed by atoms with van der Waals surface area (Å²) in [5, 5.41) is 10.2. The molecule has 0 fully saturated rings. The number of halogens is 1. The van der Waals surface area contributed by atoms with Gasteiger partial charge in [0.2, 0.25) is 0 Å². The van der Waals surface area contributed by atoms with Gasteiger partial charge in [-0.2, -0.15) is 0 Å². The maximum atomic E-state index is 13.3. The van der Waals surface area contributed by atoms with Crippen LogP contribution in [0.4, 0.5) is 4.39 Å². The molecule has 0 spiro atoms. The molecule has 0 amide bonds. The highest BCUT2D eigenvalue weighted by Crippen LogP contribution is 2.31. The first-order chi connectivity index (χ1) is 9.99. The SMILES string of the molecule is CCCc1cc(=O)[nH]c(Sc2ccc(F)cc2C(C)O)n1. The normalized spacial score (nSPS) is 12.4. The van der Waals surface area contributed by atoms with E-state index in [9.17, 15) is 14.3 Å². The maximum Gasteiger partial charge on any atom is 0.251 e. The average molecular weight is 308 g/mol. The van der Waals surface area contributed by atoms with E-state index in [2.05, 4.69) is 9.97 Å². The van der Waals surface area contributed by atoms with Crippen LogP contribution in [0.15, 0.2) is 39.1 Å². The summed E-state index contributed by atoms with van der Waals surface area (Å²) in [5.74, 6) is -0.406. The summed E-state index contributed by atoms with van der Waals surface area (Å²) < 4.78 is 13.3. The predicted molar refractivity (Wildman–Crippen MR) is 80.0 cm³/mol. The van der Waals surface area contributed by atoms with Gasteiger partial charge in [-0.25, -0.2) is 9.37 Å². The quantitative estimate of drug-likeness (QED) is 0.833. The fraction of sp³-hybridized carbons (Fsp3) is 0.333. The molecule has 2 rings (SSSR count). The Morgan fingerprint density at radius 2 is 2.19 bits per heavy atom. The molecule has 0 saturated heterocycles. The molecular weight excluding hydrogens is 291 g/mol. The third-order valence-electron chi connectivity index (χ3n) is 2.91. The zero-order valence-corrected chi connectivity index (χ0v) is 12.7. The molecule has 4 nitrogen and oxygen atoms in total. The van der Waals surface area contributed by atoms with E-state index in [1.165, 1.54) is 30.0 Å². The number of benzene rings is 1. The Labute approximate surface area is 126 Å². The van der Waals surface area contributed by atoms with Crippen molar-refractivity contribution in [1.82, 2.24) is 9.97 Å². The Kier molecular flexibility index (Phi) is 5.14. The van der Waals surface area contributed by atoms with Crippen LogP contribution in [0.2, 0.25) is 0 Å². The number of rotatable bonds is 5. The molecule has 0 bridgehead atoms. The summed E-state index contributed by atoms with van der Waals surface area (Å²) in [6, 6.07) is 5.67. The van der Waals surface area contributed by atoms with E-state index < -0.39 is 11.9 Å². The third kappa shape index (κ3) is 4.15. The Balaban J connectivity index is 2.36. The van der Waals surface area contributed by atoms with Gasteiger partial charge in [0, 0.05) is 16.7 Å². The van der Waals surface area contributed by atoms with Crippen molar-refractivity contribution >= 4 is 11.8 Å². The van der Waals surface area contributed by atoms with Gasteiger partial charge in [-0.3, -0.25) is 4.79 Å². The molecule has 112 valence electrons. The van der Waals surface area contributed by atoms with E-state index in [0.717, 1.165) is 18.5 Å². The van der Waals surface area contributed by atoms with Crippen LogP contribution >= 0.6 is 11.8 Å². The van der Waals surface area contributed by atoms with Gasteiger partial charge in [-0.1, -0.05) is 25.1 Å². The molecule has 0 aliphatic carbocycles. The number of aliphatic hydroxyl groups excluding tert-OH is 1. The van der Waals surface area contributed by atoms with Gasteiger partial charge in [0.25, 0.3) is 5.56 Å². The Hall–Kier alpha value is -1.66. The standard InChI is InChI=1S/C15H17FN2O2S/c1-3-4-11-8-14(20)18-15(17-11)21-13-6-5-10(16)7-12(13)9(2)19/h5-9,19H,3-4H2,1-2H3,(H,17,18,20). The molecule has 0 aliphatic heterocycles. The summed E-state index contributed by atoms with van der Waals surface area (Å²) in [4.78, 5) is 19.3. The van der Waals surface area contributed by atoms with Gasteiger partial charge in [0.05, 0.1) is 6.10 Å². The van der Waals surface area contributed by atoms with Crippen molar-refractivity contribution in [3.63, 3.8) is 0 Å². The fourth-order valence-corrected chi connectivity index (χ4v) is 2.97. The van der Waals surface area contributed by atoms with Gasteiger partial charge < -0.3 is 10.1 Å². The van der Waals surface area contributed by atoms with Gasteiger partial charge in [-0.15, -0.1) is 0 Å². The smallest absolute Gasteiger partial charge is 0.251 e. The van der Waals surface area contributed by atoms with Crippen molar-refractivity contribution in [2.45, 2.75) is 42.8 Å². The van der Waals surface area contributed by atoms with Crippen molar-refractivity contribution in [2.75, 3.05) is 0 Å². The second-order valence-corrected chi connectivity index (χ2v) is 5.78. The minimum absolute atomic E-state index is 0.211. The molecule has 1 heterocycles. The zero-order valence-electron chi connectivity index (χ0n) is 11.9. The lowest BCUT2D eigenvalue weighted by molar-refractivity contribution is 0.196. The second-order valence-electron chi connectivity index (χ2n) is 4.75. The summed E-state index contributed by atoms with van der Waals surface area (Å²) in [6.45, 7) is 3.59. The summed E-state index contributed by atoms with van der Waals surface area (Å²) in [7, 11) is 0. The van der Waals surface area contributed by atoms with Gasteiger partial charge in [-0.05, 0) is 37.1 Å². The van der Waals surface area contributed by atoms with Crippen LogP contribution in [-0.2, 0) is 6.42 Å². The lowest BCUT2D eigenvalue weighted by Gasteiger charge is -2.11. The first-order valence-electron chi connectivity index (χ1n) is 6.75. The number of hydrogen-bond acceptors (Lipinski definition) is 4. The number of aryl methyl sites for hydroxylation is 1. The molecule has 0 saturated carbocycles. The largest absolute Gasteiger partial charge is 0.389 e. The van der Waals surface area contributed by atoms with Crippen LogP contribution in [0.5, 0.6) is 0 Å². The van der Waals surface area contributed by atoms with Crippen LogP contribution in [0.3, 0.4) is 0 Å². The van der Waals surface area contributed by atoms with E-state index >= 15 is 0 Å². The number of aromatic amines is 1. The number of nitrogens with zero attached hydrogens (tertiary/aromatic N) is 1. The molecule has 1 aromatic carbocycles. The monoisotopic (exact) mass is 308 g/mol. The summed E-state index contributed by atoms with van der Waals surface area (Å²) in [6.07, 6.45) is 0.828. The molecular formula is C15H17FN2O2S. The first kappa shape index (κ1) is 15.7. The van der Waals surface area contributed by atoms with Crippen LogP contribution in [0, 0.1) is 5.82 Å². The van der Waals surface area contributed by atoms with Crippen molar-refractivity contribution in [3.05, 3.63) is 51.7 Å². The molecule has 21 heavy (non-hydrogen) atoms. The summed E-state index contributed by atoms with van der Waals surface area (Å²) >= 11 is 1.21. The minimum Gasteiger partial charge on any atom is -0.389 e. The molecule has 2 N–H and O–H groups in total.